The lowest BCUT2D eigenvalue weighted by atomic mass is 9.80. The van der Waals surface area contributed by atoms with Crippen molar-refractivity contribution in [3.63, 3.8) is 0 Å². The van der Waals surface area contributed by atoms with Crippen LogP contribution in [0.1, 0.15) is 110 Å². The molecule has 0 aromatic carbocycles. The smallest absolute Gasteiger partial charge is 0.324 e. The van der Waals surface area contributed by atoms with Crippen LogP contribution >= 0.6 is 0 Å². The van der Waals surface area contributed by atoms with Gasteiger partial charge < -0.3 is 4.74 Å². The molecule has 1 aliphatic heterocycles. The van der Waals surface area contributed by atoms with E-state index in [4.69, 9.17) is 4.74 Å². The van der Waals surface area contributed by atoms with Crippen LogP contribution in [0.5, 0.6) is 0 Å². The van der Waals surface area contributed by atoms with Crippen LogP contribution in [0, 0.1) is 5.41 Å². The second-order valence-corrected chi connectivity index (χ2v) is 7.57. The monoisotopic (exact) mass is 350 g/mol. The maximum absolute atomic E-state index is 12.2. The Labute approximate surface area is 154 Å². The lowest BCUT2D eigenvalue weighted by molar-refractivity contribution is -0.154. The number of allylic oxidation sites excluding steroid dienone is 1. The minimum absolute atomic E-state index is 0.230. The zero-order valence-corrected chi connectivity index (χ0v) is 16.5. The highest BCUT2D eigenvalue weighted by Crippen LogP contribution is 2.38. The number of carbonyl (C=O) groups excluding carboxylic acids is 2. The van der Waals surface area contributed by atoms with Crippen LogP contribution < -0.4 is 0 Å². The number of cyclic esters (lactones) is 2. The van der Waals surface area contributed by atoms with Crippen molar-refractivity contribution in [2.75, 3.05) is 0 Å². The van der Waals surface area contributed by atoms with Crippen molar-refractivity contribution in [3.05, 3.63) is 12.2 Å². The fraction of sp³-hybridized carbons (Fsp3) is 0.818. The second-order valence-electron chi connectivity index (χ2n) is 7.57. The fourth-order valence-electron chi connectivity index (χ4n) is 3.54. The molecule has 1 aliphatic rings. The average Bonchev–Trinajstić information content (AvgIpc) is 2.87. The Bertz CT molecular complexity index is 413. The van der Waals surface area contributed by atoms with E-state index < -0.39 is 5.41 Å². The van der Waals surface area contributed by atoms with Crippen LogP contribution in [0.15, 0.2) is 12.2 Å². The molecule has 0 N–H and O–H groups in total. The topological polar surface area (TPSA) is 43.4 Å². The summed E-state index contributed by atoms with van der Waals surface area (Å²) in [5.41, 5.74) is -0.677. The molecule has 3 nitrogen and oxygen atoms in total. The van der Waals surface area contributed by atoms with Gasteiger partial charge in [0, 0.05) is 0 Å². The van der Waals surface area contributed by atoms with E-state index in [0.29, 0.717) is 0 Å². The van der Waals surface area contributed by atoms with E-state index in [2.05, 4.69) is 19.9 Å². The van der Waals surface area contributed by atoms with E-state index in [0.717, 1.165) is 32.1 Å². The van der Waals surface area contributed by atoms with Crippen LogP contribution in [-0.4, -0.2) is 11.9 Å². The number of esters is 2. The first-order chi connectivity index (χ1) is 12.1. The summed E-state index contributed by atoms with van der Waals surface area (Å²) >= 11 is 0. The van der Waals surface area contributed by atoms with Crippen LogP contribution in [0.2, 0.25) is 0 Å². The summed E-state index contributed by atoms with van der Waals surface area (Å²) in [6.45, 7) is 4.44. The van der Waals surface area contributed by atoms with Crippen molar-refractivity contribution >= 4 is 11.9 Å². The SMILES string of the molecule is CCCCCCCCC=CC1(CCCCCCCC)CC(=O)OC1=O. The molecule has 1 atom stereocenters. The molecule has 1 rings (SSSR count). The Kier molecular flexibility index (Phi) is 11.5. The third-order valence-corrected chi connectivity index (χ3v) is 5.21. The molecule has 1 fully saturated rings. The summed E-state index contributed by atoms with van der Waals surface area (Å²) in [5.74, 6) is -0.689. The number of unbranched alkanes of at least 4 members (excludes halogenated alkanes) is 11. The second kappa shape index (κ2) is 13.1. The lowest BCUT2D eigenvalue weighted by Gasteiger charge is -2.19. The van der Waals surface area contributed by atoms with Crippen molar-refractivity contribution in [1.29, 1.82) is 0 Å². The molecule has 0 radical (unpaired) electrons. The number of carbonyl (C=O) groups is 2. The number of rotatable bonds is 15. The predicted molar refractivity (Wildman–Crippen MR) is 103 cm³/mol. The lowest BCUT2D eigenvalue weighted by Crippen LogP contribution is -2.23. The number of hydrogen-bond donors (Lipinski definition) is 0. The fourth-order valence-corrected chi connectivity index (χ4v) is 3.54. The van der Waals surface area contributed by atoms with Gasteiger partial charge in [0.05, 0.1) is 11.8 Å². The van der Waals surface area contributed by atoms with E-state index in [1.54, 1.807) is 0 Å². The van der Waals surface area contributed by atoms with E-state index in [1.165, 1.54) is 57.8 Å². The molecular formula is C22H38O3. The summed E-state index contributed by atoms with van der Waals surface area (Å²) in [4.78, 5) is 23.8. The zero-order valence-electron chi connectivity index (χ0n) is 16.5. The highest BCUT2D eigenvalue weighted by atomic mass is 16.6. The third-order valence-electron chi connectivity index (χ3n) is 5.21. The van der Waals surface area contributed by atoms with Gasteiger partial charge in [0.1, 0.15) is 0 Å². The molecule has 0 spiro atoms. The Hall–Kier alpha value is -1.12. The Morgan fingerprint density at radius 2 is 1.40 bits per heavy atom. The number of hydrogen-bond acceptors (Lipinski definition) is 3. The van der Waals surface area contributed by atoms with Gasteiger partial charge in [0.25, 0.3) is 0 Å². The van der Waals surface area contributed by atoms with Crippen LogP contribution in [-0.2, 0) is 14.3 Å². The first-order valence-corrected chi connectivity index (χ1v) is 10.6. The predicted octanol–water partition coefficient (Wildman–Crippen LogP) is 6.50. The van der Waals surface area contributed by atoms with Gasteiger partial charge in [0.2, 0.25) is 0 Å². The van der Waals surface area contributed by atoms with Gasteiger partial charge in [0.15, 0.2) is 0 Å². The summed E-state index contributed by atoms with van der Waals surface area (Å²) < 4.78 is 4.87. The molecule has 0 aliphatic carbocycles. The molecule has 1 saturated heterocycles. The summed E-state index contributed by atoms with van der Waals surface area (Å²) in [5, 5.41) is 0. The standard InChI is InChI=1S/C22H38O3/c1-3-5-7-9-11-12-14-16-18-22(19-20(23)25-21(22)24)17-15-13-10-8-6-4-2/h16,18H,3-15,17,19H2,1-2H3. The molecule has 1 unspecified atom stereocenters. The quantitative estimate of drug-likeness (QED) is 0.146. The van der Waals surface area contributed by atoms with Crippen LogP contribution in [0.3, 0.4) is 0 Å². The minimum Gasteiger partial charge on any atom is -0.392 e. The summed E-state index contributed by atoms with van der Waals surface area (Å²) in [6.07, 6.45) is 20.8. The Balaban J connectivity index is 2.36. The molecule has 144 valence electrons. The molecule has 0 saturated carbocycles. The zero-order chi connectivity index (χ0) is 18.4. The molecule has 0 aromatic rings. The Morgan fingerprint density at radius 1 is 0.840 bits per heavy atom. The van der Waals surface area contributed by atoms with Gasteiger partial charge in [-0.05, 0) is 19.3 Å². The van der Waals surface area contributed by atoms with Crippen molar-refractivity contribution in [1.82, 2.24) is 0 Å². The maximum Gasteiger partial charge on any atom is 0.324 e. The maximum atomic E-state index is 12.2. The Morgan fingerprint density at radius 3 is 1.96 bits per heavy atom. The summed E-state index contributed by atoms with van der Waals surface area (Å²) in [7, 11) is 0. The van der Waals surface area contributed by atoms with Crippen LogP contribution in [0.25, 0.3) is 0 Å². The van der Waals surface area contributed by atoms with Crippen molar-refractivity contribution in [3.8, 4) is 0 Å². The molecular weight excluding hydrogens is 312 g/mol. The van der Waals surface area contributed by atoms with E-state index in [1.807, 2.05) is 6.08 Å². The first kappa shape index (κ1) is 21.9. The number of ether oxygens (including phenoxy) is 1. The van der Waals surface area contributed by atoms with Gasteiger partial charge >= 0.3 is 11.9 Å². The van der Waals surface area contributed by atoms with E-state index >= 15 is 0 Å². The largest absolute Gasteiger partial charge is 0.392 e. The molecule has 25 heavy (non-hydrogen) atoms. The van der Waals surface area contributed by atoms with Crippen molar-refractivity contribution in [2.24, 2.45) is 5.41 Å². The molecule has 3 heteroatoms. The molecule has 0 amide bonds. The van der Waals surface area contributed by atoms with E-state index in [9.17, 15) is 9.59 Å². The normalized spacial score (nSPS) is 20.6. The van der Waals surface area contributed by atoms with Gasteiger partial charge in [-0.1, -0.05) is 96.6 Å². The molecule has 0 bridgehead atoms. The average molecular weight is 351 g/mol. The van der Waals surface area contributed by atoms with Gasteiger partial charge in [-0.15, -0.1) is 0 Å². The van der Waals surface area contributed by atoms with Gasteiger partial charge in [-0.25, -0.2) is 0 Å². The first-order valence-electron chi connectivity index (χ1n) is 10.6. The highest BCUT2D eigenvalue weighted by molar-refractivity contribution is 5.98. The molecule has 1 heterocycles. The van der Waals surface area contributed by atoms with Crippen molar-refractivity contribution in [2.45, 2.75) is 110 Å². The third kappa shape index (κ3) is 8.69. The van der Waals surface area contributed by atoms with Crippen molar-refractivity contribution < 1.29 is 14.3 Å². The van der Waals surface area contributed by atoms with Crippen LogP contribution in [0.4, 0.5) is 0 Å². The van der Waals surface area contributed by atoms with Gasteiger partial charge in [-0.3, -0.25) is 9.59 Å². The minimum atomic E-state index is -0.677. The highest BCUT2D eigenvalue weighted by Gasteiger charge is 2.46. The summed E-state index contributed by atoms with van der Waals surface area (Å²) in [6, 6.07) is 0. The van der Waals surface area contributed by atoms with E-state index in [-0.39, 0.29) is 18.4 Å². The van der Waals surface area contributed by atoms with Gasteiger partial charge in [-0.2, -0.15) is 0 Å². The molecule has 0 aromatic heterocycles.